The summed E-state index contributed by atoms with van der Waals surface area (Å²) in [7, 11) is -1.25. The number of esters is 1. The van der Waals surface area contributed by atoms with Crippen LogP contribution in [0.25, 0.3) is 0 Å². The number of hydrogen-bond donors (Lipinski definition) is 1. The second-order valence-corrected chi connectivity index (χ2v) is 14.2. The second-order valence-electron chi connectivity index (χ2n) is 9.92. The van der Waals surface area contributed by atoms with Crippen LogP contribution in [-0.2, 0) is 18.7 Å². The van der Waals surface area contributed by atoms with Gasteiger partial charge in [0, 0.05) is 6.08 Å². The van der Waals surface area contributed by atoms with E-state index in [0.717, 1.165) is 12.8 Å². The van der Waals surface area contributed by atoms with Crippen LogP contribution in [0.15, 0.2) is 72.8 Å². The standard InChI is InChI=1S/C28H38O5Si/c1-28(2,3)34(23-13-7-5-8-14-23,24-15-9-6-10-16-24)32-21-22-19-20-26(33-22)25(29)17-11-12-18-27(30)31-4/h5-10,12-16,18,22,25-26,29H,11,17,19-21H2,1-4H3/b18-12+/t22-,25+,26-/m0/s1. The maximum absolute atomic E-state index is 11.2. The van der Waals surface area contributed by atoms with Crippen LogP contribution >= 0.6 is 0 Å². The summed E-state index contributed by atoms with van der Waals surface area (Å²) in [4.78, 5) is 11.2. The molecule has 1 heterocycles. The highest BCUT2D eigenvalue weighted by molar-refractivity contribution is 6.99. The molecule has 3 rings (SSSR count). The first-order valence-corrected chi connectivity index (χ1v) is 14.0. The molecule has 0 radical (unpaired) electrons. The zero-order valence-electron chi connectivity index (χ0n) is 20.8. The molecule has 1 saturated heterocycles. The van der Waals surface area contributed by atoms with Gasteiger partial charge in [-0.15, -0.1) is 0 Å². The zero-order valence-corrected chi connectivity index (χ0v) is 21.8. The highest BCUT2D eigenvalue weighted by atomic mass is 28.4. The third-order valence-corrected chi connectivity index (χ3v) is 11.6. The predicted molar refractivity (Wildman–Crippen MR) is 138 cm³/mol. The third kappa shape index (κ3) is 6.24. The monoisotopic (exact) mass is 482 g/mol. The van der Waals surface area contributed by atoms with Crippen molar-refractivity contribution >= 4 is 24.7 Å². The molecule has 1 aliphatic rings. The Morgan fingerprint density at radius 3 is 2.21 bits per heavy atom. The van der Waals surface area contributed by atoms with Crippen LogP contribution in [0.1, 0.15) is 46.5 Å². The minimum absolute atomic E-state index is 0.0492. The van der Waals surface area contributed by atoms with Crippen LogP contribution in [-0.4, -0.2) is 51.4 Å². The van der Waals surface area contributed by atoms with Crippen LogP contribution in [0.4, 0.5) is 0 Å². The number of aliphatic hydroxyl groups is 1. The second kappa shape index (κ2) is 11.9. The Hall–Kier alpha value is -2.25. The molecule has 2 aromatic carbocycles. The number of rotatable bonds is 10. The van der Waals surface area contributed by atoms with E-state index in [1.165, 1.54) is 23.6 Å². The summed E-state index contributed by atoms with van der Waals surface area (Å²) in [5.74, 6) is -0.382. The quantitative estimate of drug-likeness (QED) is 0.315. The van der Waals surface area contributed by atoms with Gasteiger partial charge in [-0.2, -0.15) is 0 Å². The first-order valence-electron chi connectivity index (χ1n) is 12.1. The Bertz CT molecular complexity index is 883. The lowest BCUT2D eigenvalue weighted by molar-refractivity contribution is -0.134. The van der Waals surface area contributed by atoms with E-state index in [-0.39, 0.29) is 23.2 Å². The molecule has 3 atom stereocenters. The molecule has 5 nitrogen and oxygen atoms in total. The van der Waals surface area contributed by atoms with E-state index in [0.29, 0.717) is 19.4 Å². The van der Waals surface area contributed by atoms with Crippen LogP contribution in [0.3, 0.4) is 0 Å². The van der Waals surface area contributed by atoms with Crippen molar-refractivity contribution in [3.8, 4) is 0 Å². The van der Waals surface area contributed by atoms with Gasteiger partial charge in [0.2, 0.25) is 0 Å². The summed E-state index contributed by atoms with van der Waals surface area (Å²) in [6, 6.07) is 21.2. The van der Waals surface area contributed by atoms with E-state index in [2.05, 4.69) is 74.0 Å². The smallest absolute Gasteiger partial charge is 0.330 e. The summed E-state index contributed by atoms with van der Waals surface area (Å²) in [6.07, 6.45) is 5.09. The van der Waals surface area contributed by atoms with Gasteiger partial charge < -0.3 is 19.0 Å². The molecule has 34 heavy (non-hydrogen) atoms. The van der Waals surface area contributed by atoms with Crippen molar-refractivity contribution < 1.29 is 23.8 Å². The zero-order chi connectivity index (χ0) is 24.6. The molecular weight excluding hydrogens is 444 g/mol. The molecule has 1 N–H and O–H groups in total. The molecule has 2 aromatic rings. The van der Waals surface area contributed by atoms with Gasteiger partial charge in [-0.3, -0.25) is 0 Å². The van der Waals surface area contributed by atoms with Crippen molar-refractivity contribution in [1.29, 1.82) is 0 Å². The Kier molecular flexibility index (Phi) is 9.25. The van der Waals surface area contributed by atoms with E-state index >= 15 is 0 Å². The number of carbonyl (C=O) groups is 1. The van der Waals surface area contributed by atoms with Crippen molar-refractivity contribution in [3.05, 3.63) is 72.8 Å². The van der Waals surface area contributed by atoms with Crippen molar-refractivity contribution in [3.63, 3.8) is 0 Å². The molecule has 0 saturated carbocycles. The largest absolute Gasteiger partial charge is 0.466 e. The topological polar surface area (TPSA) is 65.0 Å². The van der Waals surface area contributed by atoms with Crippen molar-refractivity contribution in [2.75, 3.05) is 13.7 Å². The van der Waals surface area contributed by atoms with E-state index in [9.17, 15) is 9.90 Å². The van der Waals surface area contributed by atoms with Crippen LogP contribution < -0.4 is 10.4 Å². The number of benzene rings is 2. The lowest BCUT2D eigenvalue weighted by Crippen LogP contribution is -2.67. The van der Waals surface area contributed by atoms with E-state index in [1.807, 2.05) is 12.1 Å². The fourth-order valence-corrected chi connectivity index (χ4v) is 9.41. The number of allylic oxidation sites excluding steroid dienone is 1. The number of ether oxygens (including phenoxy) is 2. The summed E-state index contributed by atoms with van der Waals surface area (Å²) >= 11 is 0. The van der Waals surface area contributed by atoms with Gasteiger partial charge in [-0.1, -0.05) is 87.5 Å². The summed E-state index contributed by atoms with van der Waals surface area (Å²) in [5, 5.41) is 13.0. The van der Waals surface area contributed by atoms with Crippen molar-refractivity contribution in [2.45, 2.75) is 69.8 Å². The molecule has 1 fully saturated rings. The van der Waals surface area contributed by atoms with Gasteiger partial charge in [-0.25, -0.2) is 4.79 Å². The third-order valence-electron chi connectivity index (χ3n) is 6.56. The number of methoxy groups -OCH3 is 1. The number of aliphatic hydroxyl groups excluding tert-OH is 1. The molecule has 184 valence electrons. The van der Waals surface area contributed by atoms with Crippen LogP contribution in [0.2, 0.25) is 5.04 Å². The fraction of sp³-hybridized carbons (Fsp3) is 0.464. The van der Waals surface area contributed by atoms with Crippen LogP contribution in [0, 0.1) is 0 Å². The summed E-state index contributed by atoms with van der Waals surface area (Å²) in [6.45, 7) is 7.30. The normalized spacial score (nSPS) is 19.9. The molecule has 0 aliphatic carbocycles. The summed E-state index contributed by atoms with van der Waals surface area (Å²) < 4.78 is 17.8. The average Bonchev–Trinajstić information content (AvgIpc) is 3.31. The fourth-order valence-electron chi connectivity index (χ4n) is 4.82. The molecule has 0 aromatic heterocycles. The molecule has 0 bridgehead atoms. The van der Waals surface area contributed by atoms with Gasteiger partial charge in [-0.05, 0) is 41.1 Å². The van der Waals surface area contributed by atoms with Crippen molar-refractivity contribution in [2.24, 2.45) is 0 Å². The van der Waals surface area contributed by atoms with Gasteiger partial charge in [0.1, 0.15) is 0 Å². The number of carbonyl (C=O) groups excluding carboxylic acids is 1. The Morgan fingerprint density at radius 2 is 1.68 bits per heavy atom. The van der Waals surface area contributed by atoms with E-state index in [1.54, 1.807) is 6.08 Å². The van der Waals surface area contributed by atoms with E-state index in [4.69, 9.17) is 9.16 Å². The molecule has 0 amide bonds. The molecular formula is C28H38O5Si. The Balaban J connectivity index is 1.70. The lowest BCUT2D eigenvalue weighted by atomic mass is 10.1. The molecule has 6 heteroatoms. The predicted octanol–water partition coefficient (Wildman–Crippen LogP) is 3.98. The average molecular weight is 483 g/mol. The maximum atomic E-state index is 11.2. The highest BCUT2D eigenvalue weighted by Gasteiger charge is 2.50. The number of hydrogen-bond acceptors (Lipinski definition) is 5. The Morgan fingerprint density at radius 1 is 1.09 bits per heavy atom. The highest BCUT2D eigenvalue weighted by Crippen LogP contribution is 2.37. The van der Waals surface area contributed by atoms with Crippen LogP contribution in [0.5, 0.6) is 0 Å². The molecule has 0 unspecified atom stereocenters. The lowest BCUT2D eigenvalue weighted by Gasteiger charge is -2.43. The van der Waals surface area contributed by atoms with Gasteiger partial charge in [0.05, 0.1) is 32.0 Å². The Labute approximate surface area is 204 Å². The van der Waals surface area contributed by atoms with Crippen molar-refractivity contribution in [1.82, 2.24) is 0 Å². The SMILES string of the molecule is COC(=O)/C=C/CC[C@@H](O)[C@@H]1CC[C@@H](CO[Si](c2ccccc2)(c2ccccc2)C(C)(C)C)O1. The van der Waals surface area contributed by atoms with E-state index < -0.39 is 14.4 Å². The van der Waals surface area contributed by atoms with Gasteiger partial charge in [0.25, 0.3) is 8.32 Å². The minimum Gasteiger partial charge on any atom is -0.466 e. The maximum Gasteiger partial charge on any atom is 0.330 e. The van der Waals surface area contributed by atoms with Gasteiger partial charge in [0.15, 0.2) is 0 Å². The molecule has 0 spiro atoms. The molecule has 1 aliphatic heterocycles. The first kappa shape index (κ1) is 26.4. The summed E-state index contributed by atoms with van der Waals surface area (Å²) in [5.41, 5.74) is 0. The minimum atomic E-state index is -2.60. The van der Waals surface area contributed by atoms with Gasteiger partial charge >= 0.3 is 5.97 Å². The first-order chi connectivity index (χ1) is 16.3.